The molecule has 2 atom stereocenters. The van der Waals surface area contributed by atoms with Crippen molar-refractivity contribution in [2.45, 2.75) is 38.8 Å². The highest BCUT2D eigenvalue weighted by atomic mass is 79.9. The van der Waals surface area contributed by atoms with Gasteiger partial charge in [-0.15, -0.1) is 22.7 Å². The number of carbonyl (C=O) groups is 4. The minimum Gasteiger partial charge on any atom is -0.481 e. The maximum absolute atomic E-state index is 12.3. The van der Waals surface area contributed by atoms with Gasteiger partial charge in [0.05, 0.1) is 32.0 Å². The summed E-state index contributed by atoms with van der Waals surface area (Å²) in [5.41, 5.74) is 4.20. The van der Waals surface area contributed by atoms with Crippen LogP contribution in [0.2, 0.25) is 0 Å². The SMILES string of the molecule is COC(=O)CC(NC(=O)c1csc(Br)n1)c1ccccc1C.Cc1ccccc1C(CC(=O)O)NC(=O)c1csc(Br)n1. The molecule has 0 spiro atoms. The van der Waals surface area contributed by atoms with Gasteiger partial charge in [-0.3, -0.25) is 19.2 Å². The number of methoxy groups -OCH3 is 1. The van der Waals surface area contributed by atoms with Crippen LogP contribution >= 0.6 is 54.5 Å². The van der Waals surface area contributed by atoms with Crippen LogP contribution in [-0.2, 0) is 14.3 Å². The molecule has 4 aromatic rings. The van der Waals surface area contributed by atoms with Gasteiger partial charge in [0, 0.05) is 10.8 Å². The van der Waals surface area contributed by atoms with E-state index in [-0.39, 0.29) is 36.3 Å². The highest BCUT2D eigenvalue weighted by Crippen LogP contribution is 2.24. The van der Waals surface area contributed by atoms with Crippen molar-refractivity contribution >= 4 is 78.3 Å². The third-order valence-corrected chi connectivity index (χ3v) is 8.86. The number of hydrogen-bond acceptors (Lipinski definition) is 9. The summed E-state index contributed by atoms with van der Waals surface area (Å²) >= 11 is 9.06. The fourth-order valence-corrected chi connectivity index (χ4v) is 6.02. The smallest absolute Gasteiger partial charge is 0.307 e. The Kier molecular flexibility index (Phi) is 13.0. The number of rotatable bonds is 10. The summed E-state index contributed by atoms with van der Waals surface area (Å²) in [6.45, 7) is 3.82. The number of aliphatic carboxylic acids is 1. The number of ether oxygens (including phenoxy) is 1. The summed E-state index contributed by atoms with van der Waals surface area (Å²) in [4.78, 5) is 55.2. The zero-order valence-corrected chi connectivity index (χ0v) is 28.1. The molecular formula is C29H28Br2N4O6S2. The Bertz CT molecular complexity index is 1590. The van der Waals surface area contributed by atoms with Crippen LogP contribution in [0.4, 0.5) is 0 Å². The van der Waals surface area contributed by atoms with Crippen molar-refractivity contribution in [2.24, 2.45) is 0 Å². The number of aryl methyl sites for hydroxylation is 2. The highest BCUT2D eigenvalue weighted by molar-refractivity contribution is 9.11. The zero-order chi connectivity index (χ0) is 31.5. The molecule has 10 nitrogen and oxygen atoms in total. The molecule has 0 aliphatic heterocycles. The van der Waals surface area contributed by atoms with E-state index in [0.717, 1.165) is 22.3 Å². The van der Waals surface area contributed by atoms with E-state index in [2.05, 4.69) is 52.5 Å². The van der Waals surface area contributed by atoms with E-state index in [1.165, 1.54) is 29.8 Å². The largest absolute Gasteiger partial charge is 0.481 e. The van der Waals surface area contributed by atoms with Crippen LogP contribution < -0.4 is 10.6 Å². The van der Waals surface area contributed by atoms with E-state index in [9.17, 15) is 19.2 Å². The zero-order valence-electron chi connectivity index (χ0n) is 23.3. The molecule has 0 aliphatic rings. The van der Waals surface area contributed by atoms with Gasteiger partial charge in [0.1, 0.15) is 11.4 Å². The van der Waals surface area contributed by atoms with Crippen molar-refractivity contribution in [1.29, 1.82) is 0 Å². The number of amides is 2. The molecule has 2 amide bonds. The molecule has 3 N–H and O–H groups in total. The minimum atomic E-state index is -0.969. The number of hydrogen-bond donors (Lipinski definition) is 3. The Morgan fingerprint density at radius 2 is 1.21 bits per heavy atom. The summed E-state index contributed by atoms with van der Waals surface area (Å²) in [5, 5.41) is 17.9. The molecule has 0 saturated heterocycles. The first-order chi connectivity index (χ1) is 20.5. The molecule has 226 valence electrons. The lowest BCUT2D eigenvalue weighted by Gasteiger charge is -2.19. The Morgan fingerprint density at radius 3 is 1.56 bits per heavy atom. The second-order valence-electron chi connectivity index (χ2n) is 9.11. The van der Waals surface area contributed by atoms with Crippen molar-refractivity contribution < 1.29 is 29.0 Å². The van der Waals surface area contributed by atoms with Crippen molar-refractivity contribution in [3.63, 3.8) is 0 Å². The molecule has 0 bridgehead atoms. The molecule has 2 unspecified atom stereocenters. The summed E-state index contributed by atoms with van der Waals surface area (Å²) in [7, 11) is 1.33. The van der Waals surface area contributed by atoms with E-state index >= 15 is 0 Å². The van der Waals surface area contributed by atoms with Crippen LogP contribution in [0.3, 0.4) is 0 Å². The molecule has 43 heavy (non-hydrogen) atoms. The van der Waals surface area contributed by atoms with Gasteiger partial charge < -0.3 is 20.5 Å². The second-order valence-corrected chi connectivity index (χ2v) is 13.4. The van der Waals surface area contributed by atoms with E-state index in [4.69, 9.17) is 9.84 Å². The van der Waals surface area contributed by atoms with Crippen LogP contribution in [-0.4, -0.2) is 45.9 Å². The van der Waals surface area contributed by atoms with E-state index in [1.54, 1.807) is 10.8 Å². The van der Waals surface area contributed by atoms with Gasteiger partial charge in [0.2, 0.25) is 0 Å². The number of carboxylic acid groups (broad SMARTS) is 1. The lowest BCUT2D eigenvalue weighted by Crippen LogP contribution is -2.31. The van der Waals surface area contributed by atoms with Gasteiger partial charge in [-0.2, -0.15) is 0 Å². The first-order valence-corrected chi connectivity index (χ1v) is 16.1. The number of carbonyl (C=O) groups excluding carboxylic acids is 3. The highest BCUT2D eigenvalue weighted by Gasteiger charge is 2.23. The van der Waals surface area contributed by atoms with Crippen molar-refractivity contribution in [1.82, 2.24) is 20.6 Å². The van der Waals surface area contributed by atoms with Gasteiger partial charge in [0.25, 0.3) is 11.8 Å². The first kappa shape index (κ1) is 34.0. The normalized spacial score (nSPS) is 11.8. The van der Waals surface area contributed by atoms with Crippen LogP contribution in [0.15, 0.2) is 67.1 Å². The molecule has 2 aromatic carbocycles. The summed E-state index contributed by atoms with van der Waals surface area (Å²) in [5.74, 6) is -2.05. The summed E-state index contributed by atoms with van der Waals surface area (Å²) < 4.78 is 5.97. The Balaban J connectivity index is 0.000000236. The lowest BCUT2D eigenvalue weighted by atomic mass is 9.98. The number of halogens is 2. The molecular weight excluding hydrogens is 724 g/mol. The fraction of sp³-hybridized carbons (Fsp3) is 0.241. The number of nitrogens with one attached hydrogen (secondary N) is 2. The van der Waals surface area contributed by atoms with Gasteiger partial charge in [0.15, 0.2) is 7.83 Å². The standard InChI is InChI=1S/C15H15BrN2O3S.C14H13BrN2O3S/c1-9-5-3-4-6-10(9)11(7-13(19)21-2)17-14(20)12-8-22-15(16)18-12;1-8-4-2-3-5-9(8)10(6-12(18)19)16-13(20)11-7-21-14(15)17-11/h3-6,8,11H,7H2,1-2H3,(H,17,20);2-5,7,10H,6H2,1H3,(H,16,20)(H,18,19). The third-order valence-electron chi connectivity index (χ3n) is 6.13. The number of aromatic nitrogens is 2. The number of esters is 1. The molecule has 0 saturated carbocycles. The topological polar surface area (TPSA) is 148 Å². The van der Waals surface area contributed by atoms with Crippen LogP contribution in [0.5, 0.6) is 0 Å². The lowest BCUT2D eigenvalue weighted by molar-refractivity contribution is -0.141. The molecule has 14 heteroatoms. The molecule has 4 rings (SSSR count). The maximum atomic E-state index is 12.3. The average Bonchev–Trinajstić information content (AvgIpc) is 3.61. The monoisotopic (exact) mass is 750 g/mol. The molecule has 0 fully saturated rings. The molecule has 2 aromatic heterocycles. The van der Waals surface area contributed by atoms with Gasteiger partial charge in [-0.1, -0.05) is 48.5 Å². The molecule has 2 heterocycles. The molecule has 0 radical (unpaired) electrons. The number of benzene rings is 2. The predicted molar refractivity (Wildman–Crippen MR) is 171 cm³/mol. The third kappa shape index (κ3) is 10.3. The quantitative estimate of drug-likeness (QED) is 0.158. The number of thiazole rings is 2. The van der Waals surface area contributed by atoms with Crippen molar-refractivity contribution in [2.75, 3.05) is 7.11 Å². The summed E-state index contributed by atoms with van der Waals surface area (Å²) in [6.07, 6.45) is -0.111. The molecule has 0 aliphatic carbocycles. The average molecular weight is 753 g/mol. The van der Waals surface area contributed by atoms with Crippen molar-refractivity contribution in [3.05, 3.63) is 101 Å². The van der Waals surface area contributed by atoms with E-state index in [1.807, 2.05) is 62.4 Å². The van der Waals surface area contributed by atoms with Crippen molar-refractivity contribution in [3.8, 4) is 0 Å². The van der Waals surface area contributed by atoms with Gasteiger partial charge >= 0.3 is 11.9 Å². The first-order valence-electron chi connectivity index (χ1n) is 12.7. The van der Waals surface area contributed by atoms with E-state index in [0.29, 0.717) is 13.5 Å². The number of nitrogens with zero attached hydrogens (tertiary/aromatic N) is 2. The Labute approximate surface area is 273 Å². The Hall–Kier alpha value is -3.46. The van der Waals surface area contributed by atoms with Crippen LogP contribution in [0.25, 0.3) is 0 Å². The Morgan fingerprint density at radius 1 is 0.791 bits per heavy atom. The van der Waals surface area contributed by atoms with Crippen LogP contribution in [0, 0.1) is 13.8 Å². The van der Waals surface area contributed by atoms with Crippen LogP contribution in [0.1, 0.15) is 68.2 Å². The predicted octanol–water partition coefficient (Wildman–Crippen LogP) is 6.41. The second kappa shape index (κ2) is 16.4. The van der Waals surface area contributed by atoms with Gasteiger partial charge in [-0.05, 0) is 68.0 Å². The fourth-order valence-electron chi connectivity index (χ4n) is 4.03. The number of carboxylic acids is 1. The van der Waals surface area contributed by atoms with Gasteiger partial charge in [-0.25, -0.2) is 9.97 Å². The maximum Gasteiger partial charge on any atom is 0.307 e. The minimum absolute atomic E-state index is 0.0679. The summed E-state index contributed by atoms with van der Waals surface area (Å²) in [6, 6.07) is 14.0. The van der Waals surface area contributed by atoms with E-state index < -0.39 is 18.1 Å².